The van der Waals surface area contributed by atoms with E-state index in [0.29, 0.717) is 37.6 Å². The van der Waals surface area contributed by atoms with Crippen LogP contribution in [0.15, 0.2) is 48.7 Å². The molecule has 2 aromatic rings. The summed E-state index contributed by atoms with van der Waals surface area (Å²) in [5.74, 6) is 0.0669. The van der Waals surface area contributed by atoms with Crippen LogP contribution in [-0.2, 0) is 15.1 Å². The highest BCUT2D eigenvalue weighted by atomic mass is 16.5. The molecule has 2 aliphatic rings. The second-order valence-corrected chi connectivity index (χ2v) is 6.98. The van der Waals surface area contributed by atoms with E-state index in [0.717, 1.165) is 5.56 Å². The lowest BCUT2D eigenvalue weighted by molar-refractivity contribution is -0.150. The van der Waals surface area contributed by atoms with Gasteiger partial charge in [-0.3, -0.25) is 9.59 Å². The fourth-order valence-electron chi connectivity index (χ4n) is 4.02. The van der Waals surface area contributed by atoms with Gasteiger partial charge in [-0.2, -0.15) is 0 Å². The molecule has 28 heavy (non-hydrogen) atoms. The molecule has 2 aliphatic heterocycles. The van der Waals surface area contributed by atoms with E-state index in [9.17, 15) is 9.59 Å². The predicted octanol–water partition coefficient (Wildman–Crippen LogP) is 1.74. The van der Waals surface area contributed by atoms with Crippen LogP contribution in [0.3, 0.4) is 0 Å². The van der Waals surface area contributed by atoms with Crippen molar-refractivity contribution >= 4 is 11.8 Å². The smallest absolute Gasteiger partial charge is 0.259 e. The summed E-state index contributed by atoms with van der Waals surface area (Å²) in [4.78, 5) is 31.2. The number of benzene rings is 1. The third kappa shape index (κ3) is 3.22. The van der Waals surface area contributed by atoms with Gasteiger partial charge in [-0.25, -0.2) is 4.98 Å². The molecule has 0 unspecified atom stereocenters. The van der Waals surface area contributed by atoms with Gasteiger partial charge in [0, 0.05) is 19.3 Å². The van der Waals surface area contributed by atoms with Crippen LogP contribution in [0.1, 0.15) is 29.3 Å². The van der Waals surface area contributed by atoms with Crippen LogP contribution in [-0.4, -0.2) is 54.1 Å². The van der Waals surface area contributed by atoms with Crippen molar-refractivity contribution in [2.24, 2.45) is 0 Å². The van der Waals surface area contributed by atoms with E-state index in [1.807, 2.05) is 37.3 Å². The minimum Gasteiger partial charge on any atom is -0.477 e. The molecule has 0 aliphatic carbocycles. The van der Waals surface area contributed by atoms with Crippen molar-refractivity contribution in [3.63, 3.8) is 0 Å². The highest BCUT2D eigenvalue weighted by Gasteiger charge is 2.50. The number of pyridine rings is 1. The minimum absolute atomic E-state index is 0.00162. The van der Waals surface area contributed by atoms with Crippen LogP contribution in [0.2, 0.25) is 0 Å². The lowest BCUT2D eigenvalue weighted by Gasteiger charge is -2.50. The van der Waals surface area contributed by atoms with Crippen molar-refractivity contribution in [2.75, 3.05) is 26.3 Å². The van der Waals surface area contributed by atoms with Crippen molar-refractivity contribution in [1.29, 1.82) is 0 Å². The van der Waals surface area contributed by atoms with Crippen molar-refractivity contribution in [3.8, 4) is 5.88 Å². The van der Waals surface area contributed by atoms with Crippen LogP contribution in [0.25, 0.3) is 0 Å². The van der Waals surface area contributed by atoms with E-state index in [2.05, 4.69) is 10.3 Å². The van der Waals surface area contributed by atoms with Gasteiger partial charge in [0.15, 0.2) is 0 Å². The number of rotatable bonds is 4. The number of aromatic nitrogens is 1. The van der Waals surface area contributed by atoms with E-state index in [1.165, 1.54) is 0 Å². The SMILES string of the molecule is CCOc1ncccc1C(=O)N1CC[C@@]2(c3ccccc3)NC(=O)CO[C@@H]2C1. The number of piperidine rings is 1. The molecular weight excluding hydrogens is 358 g/mol. The quantitative estimate of drug-likeness (QED) is 0.873. The number of likely N-dealkylation sites (tertiary alicyclic amines) is 1. The highest BCUT2D eigenvalue weighted by Crippen LogP contribution is 2.37. The van der Waals surface area contributed by atoms with Crippen molar-refractivity contribution in [2.45, 2.75) is 25.0 Å². The maximum Gasteiger partial charge on any atom is 0.259 e. The molecule has 2 atom stereocenters. The number of nitrogens with zero attached hydrogens (tertiary/aromatic N) is 2. The van der Waals surface area contributed by atoms with Crippen LogP contribution >= 0.6 is 0 Å². The first-order chi connectivity index (χ1) is 13.6. The molecule has 7 heteroatoms. The van der Waals surface area contributed by atoms with Crippen LogP contribution in [0, 0.1) is 0 Å². The molecule has 2 amide bonds. The molecule has 0 radical (unpaired) electrons. The van der Waals surface area contributed by atoms with E-state index >= 15 is 0 Å². The Labute approximate surface area is 163 Å². The van der Waals surface area contributed by atoms with Gasteiger partial charge < -0.3 is 19.7 Å². The van der Waals surface area contributed by atoms with Crippen LogP contribution in [0.5, 0.6) is 5.88 Å². The number of ether oxygens (including phenoxy) is 2. The number of amides is 2. The number of morpholine rings is 1. The molecule has 2 fully saturated rings. The monoisotopic (exact) mass is 381 g/mol. The molecule has 3 heterocycles. The minimum atomic E-state index is -0.620. The van der Waals surface area contributed by atoms with Crippen LogP contribution < -0.4 is 10.1 Å². The normalized spacial score (nSPS) is 24.2. The van der Waals surface area contributed by atoms with Gasteiger partial charge in [-0.05, 0) is 31.0 Å². The molecule has 0 bridgehead atoms. The average Bonchev–Trinajstić information content (AvgIpc) is 2.74. The number of hydrogen-bond acceptors (Lipinski definition) is 5. The summed E-state index contributed by atoms with van der Waals surface area (Å²) in [6.45, 7) is 3.17. The molecule has 2 saturated heterocycles. The first-order valence-electron chi connectivity index (χ1n) is 9.49. The molecule has 146 valence electrons. The number of carbonyl (C=O) groups is 2. The molecule has 0 spiro atoms. The molecule has 1 aromatic carbocycles. The first-order valence-corrected chi connectivity index (χ1v) is 9.49. The standard InChI is InChI=1S/C21H23N3O4/c1-2-27-19-16(9-6-11-22-19)20(26)24-12-10-21(15-7-4-3-5-8-15)17(13-24)28-14-18(25)23-21/h3-9,11,17H,2,10,12-14H2,1H3,(H,23,25)/t17-,21+/m1/s1. The van der Waals surface area contributed by atoms with Gasteiger partial charge in [-0.15, -0.1) is 0 Å². The second kappa shape index (κ2) is 7.59. The molecule has 1 aromatic heterocycles. The summed E-state index contributed by atoms with van der Waals surface area (Å²) in [5, 5.41) is 3.14. The van der Waals surface area contributed by atoms with Gasteiger partial charge in [-0.1, -0.05) is 30.3 Å². The zero-order valence-electron chi connectivity index (χ0n) is 15.8. The van der Waals surface area contributed by atoms with Crippen molar-refractivity contribution in [1.82, 2.24) is 15.2 Å². The van der Waals surface area contributed by atoms with Crippen molar-refractivity contribution < 1.29 is 19.1 Å². The van der Waals surface area contributed by atoms with Gasteiger partial charge in [0.1, 0.15) is 18.3 Å². The fraction of sp³-hybridized carbons (Fsp3) is 0.381. The van der Waals surface area contributed by atoms with E-state index < -0.39 is 5.54 Å². The summed E-state index contributed by atoms with van der Waals surface area (Å²) in [7, 11) is 0. The topological polar surface area (TPSA) is 80.8 Å². The zero-order valence-corrected chi connectivity index (χ0v) is 15.8. The Kier molecular flexibility index (Phi) is 5.00. The lowest BCUT2D eigenvalue weighted by Crippen LogP contribution is -2.67. The largest absolute Gasteiger partial charge is 0.477 e. The molecule has 1 N–H and O–H groups in total. The number of fused-ring (bicyclic) bond motifs is 1. The number of nitrogens with one attached hydrogen (secondary N) is 1. The summed E-state index contributed by atoms with van der Waals surface area (Å²) in [6.07, 6.45) is 1.86. The third-order valence-electron chi connectivity index (χ3n) is 5.35. The summed E-state index contributed by atoms with van der Waals surface area (Å²) in [5.41, 5.74) is 0.818. The zero-order chi connectivity index (χ0) is 19.6. The van der Waals surface area contributed by atoms with Gasteiger partial charge in [0.25, 0.3) is 5.91 Å². The average molecular weight is 381 g/mol. The van der Waals surface area contributed by atoms with E-state index in [1.54, 1.807) is 23.2 Å². The Bertz CT molecular complexity index is 873. The summed E-state index contributed by atoms with van der Waals surface area (Å²) < 4.78 is 11.4. The summed E-state index contributed by atoms with van der Waals surface area (Å²) in [6, 6.07) is 13.3. The second-order valence-electron chi connectivity index (χ2n) is 6.98. The lowest BCUT2D eigenvalue weighted by atomic mass is 9.77. The molecular formula is C21H23N3O4. The first kappa shape index (κ1) is 18.4. The fourth-order valence-corrected chi connectivity index (χ4v) is 4.02. The summed E-state index contributed by atoms with van der Waals surface area (Å²) >= 11 is 0. The van der Waals surface area contributed by atoms with Gasteiger partial charge >= 0.3 is 0 Å². The van der Waals surface area contributed by atoms with Gasteiger partial charge in [0.05, 0.1) is 12.1 Å². The molecule has 4 rings (SSSR count). The van der Waals surface area contributed by atoms with E-state index in [-0.39, 0.29) is 24.5 Å². The van der Waals surface area contributed by atoms with Gasteiger partial charge in [0.2, 0.25) is 11.8 Å². The molecule has 0 saturated carbocycles. The van der Waals surface area contributed by atoms with Crippen LogP contribution in [0.4, 0.5) is 0 Å². The maximum atomic E-state index is 13.1. The molecule has 7 nitrogen and oxygen atoms in total. The Balaban J connectivity index is 1.61. The number of hydrogen-bond donors (Lipinski definition) is 1. The van der Waals surface area contributed by atoms with Crippen molar-refractivity contribution in [3.05, 3.63) is 59.8 Å². The highest BCUT2D eigenvalue weighted by molar-refractivity contribution is 5.96. The third-order valence-corrected chi connectivity index (χ3v) is 5.35. The number of carbonyl (C=O) groups excluding carboxylic acids is 2. The Hall–Kier alpha value is -2.93. The van der Waals surface area contributed by atoms with E-state index in [4.69, 9.17) is 9.47 Å². The Morgan fingerprint density at radius 2 is 2.14 bits per heavy atom. The maximum absolute atomic E-state index is 13.1. The Morgan fingerprint density at radius 3 is 2.93 bits per heavy atom. The predicted molar refractivity (Wildman–Crippen MR) is 102 cm³/mol. The Morgan fingerprint density at radius 1 is 1.32 bits per heavy atom.